The van der Waals surface area contributed by atoms with Crippen molar-refractivity contribution in [2.24, 2.45) is 4.40 Å². The predicted molar refractivity (Wildman–Crippen MR) is 144 cm³/mol. The standard InChI is InChI=1S/C27H23NO7S3/c1-18-4-10-22(11-5-18)36(30,31)25-16-21(28-38(34,35)24-14-8-20(3)9-15-24)17-26(27(25)29)37(32,33)23-12-6-19(2)7-13-23/h4-17H,1-3H3. The summed E-state index contributed by atoms with van der Waals surface area (Å²) in [5.41, 5.74) is 1.82. The van der Waals surface area contributed by atoms with Crippen molar-refractivity contribution in [2.75, 3.05) is 0 Å². The fourth-order valence-corrected chi connectivity index (χ4v) is 7.39. The molecule has 196 valence electrons. The van der Waals surface area contributed by atoms with E-state index in [1.54, 1.807) is 32.9 Å². The molecule has 0 bridgehead atoms. The van der Waals surface area contributed by atoms with E-state index in [1.807, 2.05) is 0 Å². The maximum absolute atomic E-state index is 13.5. The Kier molecular flexibility index (Phi) is 7.13. The van der Waals surface area contributed by atoms with Gasteiger partial charge in [-0.05, 0) is 69.3 Å². The average molecular weight is 570 g/mol. The van der Waals surface area contributed by atoms with Crippen molar-refractivity contribution in [3.05, 3.63) is 111 Å². The Bertz CT molecular complexity index is 1750. The van der Waals surface area contributed by atoms with Crippen molar-refractivity contribution in [3.8, 4) is 0 Å². The minimum Gasteiger partial charge on any atom is -0.287 e. The number of hydrogen-bond acceptors (Lipinski definition) is 7. The van der Waals surface area contributed by atoms with Crippen LogP contribution in [0.2, 0.25) is 0 Å². The second-order valence-corrected chi connectivity index (χ2v) is 14.2. The van der Waals surface area contributed by atoms with Crippen LogP contribution in [0.1, 0.15) is 16.7 Å². The summed E-state index contributed by atoms with van der Waals surface area (Å²) in [5.74, 6) is -1.28. The molecule has 4 rings (SSSR count). The smallest absolute Gasteiger partial charge is 0.282 e. The predicted octanol–water partition coefficient (Wildman–Crippen LogP) is 4.04. The Hall–Kier alpha value is -3.67. The Morgan fingerprint density at radius 2 is 0.816 bits per heavy atom. The van der Waals surface area contributed by atoms with Gasteiger partial charge in [0.15, 0.2) is 0 Å². The molecule has 0 N–H and O–H groups in total. The Morgan fingerprint density at radius 1 is 0.500 bits per heavy atom. The summed E-state index contributed by atoms with van der Waals surface area (Å²) < 4.78 is 83.5. The van der Waals surface area contributed by atoms with E-state index in [2.05, 4.69) is 4.40 Å². The molecule has 0 fully saturated rings. The third-order valence-corrected chi connectivity index (χ3v) is 10.7. The van der Waals surface area contributed by atoms with E-state index in [9.17, 15) is 30.0 Å². The fraction of sp³-hybridized carbons (Fsp3) is 0.111. The molecule has 0 atom stereocenters. The van der Waals surface area contributed by atoms with Gasteiger partial charge in [-0.15, -0.1) is 0 Å². The van der Waals surface area contributed by atoms with Gasteiger partial charge in [-0.3, -0.25) is 4.79 Å². The highest BCUT2D eigenvalue weighted by Gasteiger charge is 2.38. The van der Waals surface area contributed by atoms with E-state index in [1.165, 1.54) is 60.7 Å². The Morgan fingerprint density at radius 3 is 1.16 bits per heavy atom. The number of sulfone groups is 2. The van der Waals surface area contributed by atoms with Crippen molar-refractivity contribution in [2.45, 2.75) is 35.5 Å². The third-order valence-electron chi connectivity index (χ3n) is 5.79. The molecule has 0 unspecified atom stereocenters. The van der Waals surface area contributed by atoms with Crippen LogP contribution in [0.5, 0.6) is 0 Å². The summed E-state index contributed by atoms with van der Waals surface area (Å²) in [6, 6.07) is 17.0. The number of nitrogens with zero attached hydrogens (tertiary/aromatic N) is 1. The van der Waals surface area contributed by atoms with Crippen LogP contribution in [-0.2, 0) is 34.5 Å². The van der Waals surface area contributed by atoms with Gasteiger partial charge >= 0.3 is 0 Å². The Labute approximate surface area is 222 Å². The number of hydrogen-bond donors (Lipinski definition) is 0. The van der Waals surface area contributed by atoms with E-state index in [-0.39, 0.29) is 14.7 Å². The van der Waals surface area contributed by atoms with Gasteiger partial charge in [0, 0.05) is 0 Å². The number of sulfonamides is 1. The quantitative estimate of drug-likeness (QED) is 0.409. The summed E-state index contributed by atoms with van der Waals surface area (Å²) >= 11 is 0. The van der Waals surface area contributed by atoms with Crippen LogP contribution in [0.15, 0.2) is 114 Å². The van der Waals surface area contributed by atoms with Crippen molar-refractivity contribution in [1.82, 2.24) is 0 Å². The van der Waals surface area contributed by atoms with Crippen LogP contribution in [0.25, 0.3) is 0 Å². The summed E-state index contributed by atoms with van der Waals surface area (Å²) in [7, 11) is -13.5. The van der Waals surface area contributed by atoms with Gasteiger partial charge in [0.05, 0.1) is 20.4 Å². The highest BCUT2D eigenvalue weighted by atomic mass is 32.2. The highest BCUT2D eigenvalue weighted by molar-refractivity contribution is 7.98. The summed E-state index contributed by atoms with van der Waals surface area (Å²) in [5, 5.41) is 0. The van der Waals surface area contributed by atoms with E-state index in [0.29, 0.717) is 0 Å². The number of rotatable bonds is 6. The molecule has 0 saturated heterocycles. The van der Waals surface area contributed by atoms with Gasteiger partial charge in [-0.1, -0.05) is 53.1 Å². The number of aryl methyl sites for hydroxylation is 3. The number of Topliss-reactive ketones (excluding diaryl/α,β-unsaturated/α-hetero) is 1. The molecule has 0 heterocycles. The summed E-state index contributed by atoms with van der Waals surface area (Å²) in [6.45, 7) is 5.26. The van der Waals surface area contributed by atoms with Crippen LogP contribution < -0.4 is 0 Å². The average Bonchev–Trinajstić information content (AvgIpc) is 2.85. The molecular weight excluding hydrogens is 546 g/mol. The zero-order valence-corrected chi connectivity index (χ0v) is 23.1. The van der Waals surface area contributed by atoms with Crippen molar-refractivity contribution >= 4 is 41.2 Å². The van der Waals surface area contributed by atoms with E-state index < -0.39 is 51.0 Å². The minimum atomic E-state index is -4.54. The molecule has 3 aromatic rings. The van der Waals surface area contributed by atoms with Crippen molar-refractivity contribution < 1.29 is 30.0 Å². The molecule has 0 saturated carbocycles. The summed E-state index contributed by atoms with van der Waals surface area (Å²) in [4.78, 5) is 10.9. The number of carbonyl (C=O) groups is 1. The van der Waals surface area contributed by atoms with Crippen molar-refractivity contribution in [1.29, 1.82) is 0 Å². The van der Waals surface area contributed by atoms with Crippen LogP contribution in [-0.4, -0.2) is 36.7 Å². The molecule has 3 aromatic carbocycles. The van der Waals surface area contributed by atoms with Gasteiger partial charge in [0.1, 0.15) is 9.81 Å². The monoisotopic (exact) mass is 569 g/mol. The third kappa shape index (κ3) is 5.31. The zero-order chi connectivity index (χ0) is 27.9. The van der Waals surface area contributed by atoms with Crippen molar-refractivity contribution in [3.63, 3.8) is 0 Å². The van der Waals surface area contributed by atoms with Crippen LogP contribution in [0.4, 0.5) is 0 Å². The zero-order valence-electron chi connectivity index (χ0n) is 20.6. The van der Waals surface area contributed by atoms with Gasteiger partial charge in [0.2, 0.25) is 25.5 Å². The normalized spacial score (nSPS) is 14.6. The molecule has 0 radical (unpaired) electrons. The molecule has 8 nitrogen and oxygen atoms in total. The maximum Gasteiger partial charge on any atom is 0.282 e. The Balaban J connectivity index is 1.94. The lowest BCUT2D eigenvalue weighted by atomic mass is 10.1. The molecule has 0 aliphatic heterocycles. The number of carbonyl (C=O) groups excluding carboxylic acids is 1. The SMILES string of the molecule is Cc1ccc(S(=O)(=O)N=C2C=C(S(=O)(=O)c3ccc(C)cc3)C(=O)C(S(=O)(=O)c3ccc(C)cc3)=C2)cc1. The molecule has 1 aliphatic carbocycles. The fourth-order valence-electron chi connectivity index (χ4n) is 3.61. The van der Waals surface area contributed by atoms with E-state index >= 15 is 0 Å². The van der Waals surface area contributed by atoms with Crippen LogP contribution >= 0.6 is 0 Å². The topological polar surface area (TPSA) is 132 Å². The number of ketones is 1. The second-order valence-electron chi connectivity index (χ2n) is 8.78. The van der Waals surface area contributed by atoms with Gasteiger partial charge in [-0.25, -0.2) is 16.8 Å². The lowest BCUT2D eigenvalue weighted by molar-refractivity contribution is -0.111. The second kappa shape index (κ2) is 9.90. The molecule has 38 heavy (non-hydrogen) atoms. The molecule has 1 aliphatic rings. The molecule has 11 heteroatoms. The van der Waals surface area contributed by atoms with Crippen LogP contribution in [0.3, 0.4) is 0 Å². The molecule has 0 spiro atoms. The first kappa shape index (κ1) is 27.4. The number of benzene rings is 3. The number of allylic oxidation sites excluding steroid dienone is 4. The lowest BCUT2D eigenvalue weighted by Gasteiger charge is -2.16. The molecule has 0 aromatic heterocycles. The first-order valence-electron chi connectivity index (χ1n) is 11.2. The largest absolute Gasteiger partial charge is 0.287 e. The first-order valence-corrected chi connectivity index (χ1v) is 15.7. The summed E-state index contributed by atoms with van der Waals surface area (Å²) in [6.07, 6.45) is 1.58. The lowest BCUT2D eigenvalue weighted by Crippen LogP contribution is -2.26. The van der Waals surface area contributed by atoms with E-state index in [4.69, 9.17) is 0 Å². The molecular formula is C27H23NO7S3. The highest BCUT2D eigenvalue weighted by Crippen LogP contribution is 2.31. The van der Waals surface area contributed by atoms with E-state index in [0.717, 1.165) is 28.8 Å². The van der Waals surface area contributed by atoms with Gasteiger partial charge in [0.25, 0.3) is 10.0 Å². The van der Waals surface area contributed by atoms with Gasteiger partial charge < -0.3 is 0 Å². The van der Waals surface area contributed by atoms with Crippen LogP contribution in [0, 0.1) is 20.8 Å². The minimum absolute atomic E-state index is 0.180. The first-order chi connectivity index (χ1) is 17.7. The maximum atomic E-state index is 13.5. The molecule has 0 amide bonds. The van der Waals surface area contributed by atoms with Gasteiger partial charge in [-0.2, -0.15) is 12.8 Å².